The summed E-state index contributed by atoms with van der Waals surface area (Å²) < 4.78 is 14.2. The van der Waals surface area contributed by atoms with Crippen molar-refractivity contribution in [3.8, 4) is 11.1 Å². The Hall–Kier alpha value is -0.970. The highest BCUT2D eigenvalue weighted by Crippen LogP contribution is 2.48. The average molecular weight is 414 g/mol. The molecule has 0 unspecified atom stereocenters. The SMILES string of the molecule is O=C(O)/C=C/c1ccc(F)c(-c2c(Cl)c(Cl)c(Cl)c(Cl)c2Cl)c1. The van der Waals surface area contributed by atoms with Gasteiger partial charge in [0.25, 0.3) is 0 Å². The van der Waals surface area contributed by atoms with Gasteiger partial charge in [-0.1, -0.05) is 64.1 Å². The number of aliphatic carboxylic acids is 1. The van der Waals surface area contributed by atoms with Gasteiger partial charge in [0.1, 0.15) is 5.82 Å². The summed E-state index contributed by atoms with van der Waals surface area (Å²) in [6, 6.07) is 3.93. The molecule has 2 nitrogen and oxygen atoms in total. The van der Waals surface area contributed by atoms with Crippen molar-refractivity contribution in [1.82, 2.24) is 0 Å². The van der Waals surface area contributed by atoms with Crippen LogP contribution < -0.4 is 0 Å². The molecule has 0 aliphatic carbocycles. The van der Waals surface area contributed by atoms with Gasteiger partial charge < -0.3 is 5.11 Å². The Balaban J connectivity index is 2.72. The van der Waals surface area contributed by atoms with E-state index in [2.05, 4.69) is 0 Å². The second-order valence-corrected chi connectivity index (χ2v) is 6.25. The predicted molar refractivity (Wildman–Crippen MR) is 93.6 cm³/mol. The third-order valence-corrected chi connectivity index (χ3v) is 5.16. The van der Waals surface area contributed by atoms with Crippen LogP contribution in [0.5, 0.6) is 0 Å². The van der Waals surface area contributed by atoms with E-state index in [9.17, 15) is 9.18 Å². The summed E-state index contributed by atoms with van der Waals surface area (Å²) >= 11 is 30.1. The lowest BCUT2D eigenvalue weighted by Crippen LogP contribution is -1.92. The first-order valence-electron chi connectivity index (χ1n) is 5.96. The zero-order chi connectivity index (χ0) is 17.3. The molecule has 8 heteroatoms. The van der Waals surface area contributed by atoms with Crippen LogP contribution in [0.1, 0.15) is 5.56 Å². The van der Waals surface area contributed by atoms with Crippen molar-refractivity contribution in [3.63, 3.8) is 0 Å². The molecule has 0 bridgehead atoms. The minimum absolute atomic E-state index is 0.0213. The van der Waals surface area contributed by atoms with E-state index >= 15 is 0 Å². The zero-order valence-corrected chi connectivity index (χ0v) is 14.8. The molecular formula is C15H6Cl5FO2. The largest absolute Gasteiger partial charge is 0.478 e. The van der Waals surface area contributed by atoms with Crippen molar-refractivity contribution in [1.29, 1.82) is 0 Å². The van der Waals surface area contributed by atoms with Gasteiger partial charge in [-0.05, 0) is 23.8 Å². The number of benzene rings is 2. The summed E-state index contributed by atoms with van der Waals surface area (Å²) in [5, 5.41) is 8.41. The van der Waals surface area contributed by atoms with Crippen LogP contribution in [0.3, 0.4) is 0 Å². The van der Waals surface area contributed by atoms with Crippen molar-refractivity contribution in [2.24, 2.45) is 0 Å². The standard InChI is InChI=1S/C15H6Cl5FO2/c16-11-10(12(17)14(19)15(20)13(11)18)7-5-6(1-3-8(7)21)2-4-9(22)23/h1-5H,(H,22,23)/b4-2+. The van der Waals surface area contributed by atoms with E-state index in [4.69, 9.17) is 63.1 Å². The molecule has 0 atom stereocenters. The summed E-state index contributed by atoms with van der Waals surface area (Å²) in [5.74, 6) is -1.76. The molecule has 0 amide bonds. The average Bonchev–Trinajstić information content (AvgIpc) is 2.51. The molecule has 0 saturated carbocycles. The molecule has 0 fully saturated rings. The van der Waals surface area contributed by atoms with E-state index in [1.54, 1.807) is 0 Å². The first kappa shape index (κ1) is 18.4. The topological polar surface area (TPSA) is 37.3 Å². The van der Waals surface area contributed by atoms with E-state index in [0.717, 1.165) is 12.1 Å². The summed E-state index contributed by atoms with van der Waals surface area (Å²) in [4.78, 5) is 10.6. The molecule has 2 aromatic carbocycles. The summed E-state index contributed by atoms with van der Waals surface area (Å²) in [7, 11) is 0. The first-order chi connectivity index (χ1) is 10.7. The summed E-state index contributed by atoms with van der Waals surface area (Å²) in [6.45, 7) is 0. The van der Waals surface area contributed by atoms with Crippen LogP contribution in [0.25, 0.3) is 17.2 Å². The number of halogens is 6. The van der Waals surface area contributed by atoms with Crippen LogP contribution in [0.2, 0.25) is 25.1 Å². The smallest absolute Gasteiger partial charge is 0.328 e. The monoisotopic (exact) mass is 412 g/mol. The molecule has 0 heterocycles. The van der Waals surface area contributed by atoms with Gasteiger partial charge in [0, 0.05) is 17.2 Å². The Morgan fingerprint density at radius 2 is 1.48 bits per heavy atom. The fourth-order valence-electron chi connectivity index (χ4n) is 1.85. The molecule has 2 rings (SSSR count). The first-order valence-corrected chi connectivity index (χ1v) is 7.85. The molecule has 0 aliphatic rings. The lowest BCUT2D eigenvalue weighted by molar-refractivity contribution is -0.131. The maximum atomic E-state index is 14.2. The molecular weight excluding hydrogens is 408 g/mol. The number of rotatable bonds is 3. The van der Waals surface area contributed by atoms with Crippen LogP contribution in [-0.2, 0) is 4.79 Å². The molecule has 1 N–H and O–H groups in total. The highest BCUT2D eigenvalue weighted by molar-refractivity contribution is 6.56. The Morgan fingerprint density at radius 1 is 0.957 bits per heavy atom. The second kappa shape index (κ2) is 7.29. The van der Waals surface area contributed by atoms with Crippen LogP contribution in [0, 0.1) is 5.82 Å². The minimum atomic E-state index is -1.13. The predicted octanol–water partition coefficient (Wildman–Crippen LogP) is 6.86. The maximum Gasteiger partial charge on any atom is 0.328 e. The molecule has 0 saturated heterocycles. The Bertz CT molecular complexity index is 804. The number of carbonyl (C=O) groups is 1. The van der Waals surface area contributed by atoms with Gasteiger partial charge in [-0.15, -0.1) is 0 Å². The van der Waals surface area contributed by atoms with E-state index in [1.807, 2.05) is 0 Å². The van der Waals surface area contributed by atoms with Gasteiger partial charge in [0.05, 0.1) is 25.1 Å². The van der Waals surface area contributed by atoms with E-state index < -0.39 is 11.8 Å². The van der Waals surface area contributed by atoms with Crippen molar-refractivity contribution in [2.75, 3.05) is 0 Å². The van der Waals surface area contributed by atoms with Gasteiger partial charge in [0.15, 0.2) is 0 Å². The number of carboxylic acids is 1. The van der Waals surface area contributed by atoms with Gasteiger partial charge >= 0.3 is 5.97 Å². The fraction of sp³-hybridized carbons (Fsp3) is 0. The Labute approximate surface area is 156 Å². The molecule has 0 radical (unpaired) electrons. The van der Waals surface area contributed by atoms with Crippen LogP contribution in [0.4, 0.5) is 4.39 Å². The lowest BCUT2D eigenvalue weighted by Gasteiger charge is -2.14. The Kier molecular flexibility index (Phi) is 5.82. The highest BCUT2D eigenvalue weighted by Gasteiger charge is 2.22. The minimum Gasteiger partial charge on any atom is -0.478 e. The molecule has 0 aliphatic heterocycles. The van der Waals surface area contributed by atoms with Crippen molar-refractivity contribution >= 4 is 70.1 Å². The van der Waals surface area contributed by atoms with Crippen molar-refractivity contribution in [2.45, 2.75) is 0 Å². The van der Waals surface area contributed by atoms with Gasteiger partial charge in [-0.25, -0.2) is 9.18 Å². The lowest BCUT2D eigenvalue weighted by atomic mass is 10.0. The van der Waals surface area contributed by atoms with Crippen LogP contribution in [0.15, 0.2) is 24.3 Å². The molecule has 120 valence electrons. The third-order valence-electron chi connectivity index (χ3n) is 2.89. The summed E-state index contributed by atoms with van der Waals surface area (Å²) in [6.07, 6.45) is 2.22. The zero-order valence-electron chi connectivity index (χ0n) is 11.0. The van der Waals surface area contributed by atoms with Crippen LogP contribution >= 0.6 is 58.0 Å². The molecule has 23 heavy (non-hydrogen) atoms. The second-order valence-electron chi connectivity index (χ2n) is 4.36. The number of hydrogen-bond donors (Lipinski definition) is 1. The normalized spacial score (nSPS) is 11.2. The molecule has 0 spiro atoms. The quantitative estimate of drug-likeness (QED) is 0.338. The van der Waals surface area contributed by atoms with Gasteiger partial charge in [-0.2, -0.15) is 0 Å². The Morgan fingerprint density at radius 3 is 2.00 bits per heavy atom. The van der Waals surface area contributed by atoms with E-state index in [0.29, 0.717) is 5.56 Å². The number of hydrogen-bond acceptors (Lipinski definition) is 1. The van der Waals surface area contributed by atoms with Crippen LogP contribution in [-0.4, -0.2) is 11.1 Å². The maximum absolute atomic E-state index is 14.2. The van der Waals surface area contributed by atoms with Crippen molar-refractivity contribution < 1.29 is 14.3 Å². The summed E-state index contributed by atoms with van der Waals surface area (Å²) in [5.41, 5.74) is 0.530. The van der Waals surface area contributed by atoms with Gasteiger partial charge in [0.2, 0.25) is 0 Å². The van der Waals surface area contributed by atoms with E-state index in [1.165, 1.54) is 18.2 Å². The number of carboxylic acid groups (broad SMARTS) is 1. The fourth-order valence-corrected chi connectivity index (χ4v) is 3.19. The molecule has 2 aromatic rings. The van der Waals surface area contributed by atoms with E-state index in [-0.39, 0.29) is 36.2 Å². The third kappa shape index (κ3) is 3.76. The van der Waals surface area contributed by atoms with Crippen molar-refractivity contribution in [3.05, 3.63) is 60.8 Å². The highest BCUT2D eigenvalue weighted by atomic mass is 35.5. The molecule has 0 aromatic heterocycles. The van der Waals surface area contributed by atoms with Gasteiger partial charge in [-0.3, -0.25) is 0 Å².